The van der Waals surface area contributed by atoms with Gasteiger partial charge in [-0.05, 0) is 37.3 Å². The number of benzene rings is 1. The summed E-state index contributed by atoms with van der Waals surface area (Å²) in [5, 5.41) is 8.81. The molecule has 1 aromatic rings. The van der Waals surface area contributed by atoms with Crippen molar-refractivity contribution in [3.8, 4) is 5.75 Å². The number of aliphatic carboxylic acids is 1. The van der Waals surface area contributed by atoms with E-state index >= 15 is 0 Å². The Hall–Kier alpha value is -2.30. The Balaban J connectivity index is 2.04. The molecule has 5 nitrogen and oxygen atoms in total. The van der Waals surface area contributed by atoms with Crippen LogP contribution in [0.15, 0.2) is 36.9 Å². The van der Waals surface area contributed by atoms with Gasteiger partial charge in [-0.2, -0.15) is 0 Å². The molecule has 0 bridgehead atoms. The minimum atomic E-state index is -0.781. The predicted octanol–water partition coefficient (Wildman–Crippen LogP) is 2.97. The topological polar surface area (TPSA) is 66.8 Å². The molecule has 1 aliphatic rings. The van der Waals surface area contributed by atoms with Crippen LogP contribution in [0.2, 0.25) is 0 Å². The number of carboxylic acid groups (broad SMARTS) is 1. The molecule has 1 fully saturated rings. The van der Waals surface area contributed by atoms with Gasteiger partial charge in [0.05, 0.1) is 5.56 Å². The second kappa shape index (κ2) is 8.36. The van der Waals surface area contributed by atoms with E-state index in [-0.39, 0.29) is 18.2 Å². The van der Waals surface area contributed by atoms with Crippen molar-refractivity contribution in [2.24, 2.45) is 5.92 Å². The molecule has 1 unspecified atom stereocenters. The average molecular weight is 317 g/mol. The first-order valence-corrected chi connectivity index (χ1v) is 7.95. The SMILES string of the molecule is C=CCOc1ccccc1C(=O)N1CCCC(CCC(=O)O)C1. The number of amides is 1. The van der Waals surface area contributed by atoms with Crippen LogP contribution in [0.25, 0.3) is 0 Å². The van der Waals surface area contributed by atoms with Crippen LogP contribution in [0.4, 0.5) is 0 Å². The molecular weight excluding hydrogens is 294 g/mol. The molecular formula is C18H23NO4. The molecule has 1 heterocycles. The van der Waals surface area contributed by atoms with Gasteiger partial charge in [0.15, 0.2) is 0 Å². The molecule has 1 aromatic carbocycles. The smallest absolute Gasteiger partial charge is 0.303 e. The van der Waals surface area contributed by atoms with E-state index < -0.39 is 5.97 Å². The van der Waals surface area contributed by atoms with E-state index in [2.05, 4.69) is 6.58 Å². The fourth-order valence-corrected chi connectivity index (χ4v) is 2.90. The van der Waals surface area contributed by atoms with Crippen molar-refractivity contribution in [2.75, 3.05) is 19.7 Å². The first kappa shape index (κ1) is 17.1. The first-order valence-electron chi connectivity index (χ1n) is 7.95. The molecule has 124 valence electrons. The molecule has 2 rings (SSSR count). The third-order valence-electron chi connectivity index (χ3n) is 4.05. The molecule has 1 N–H and O–H groups in total. The number of piperidine rings is 1. The number of hydrogen-bond donors (Lipinski definition) is 1. The van der Waals surface area contributed by atoms with Crippen LogP contribution in [-0.2, 0) is 4.79 Å². The van der Waals surface area contributed by atoms with Crippen LogP contribution in [-0.4, -0.2) is 41.6 Å². The zero-order chi connectivity index (χ0) is 16.7. The maximum atomic E-state index is 12.8. The van der Waals surface area contributed by atoms with Crippen LogP contribution in [0.3, 0.4) is 0 Å². The normalized spacial score (nSPS) is 17.6. The Kier molecular flexibility index (Phi) is 6.20. The van der Waals surface area contributed by atoms with Crippen LogP contribution >= 0.6 is 0 Å². The third kappa shape index (κ3) is 4.84. The number of carboxylic acids is 1. The number of likely N-dealkylation sites (tertiary alicyclic amines) is 1. The second-order valence-electron chi connectivity index (χ2n) is 5.79. The highest BCUT2D eigenvalue weighted by molar-refractivity contribution is 5.97. The van der Waals surface area contributed by atoms with Crippen molar-refractivity contribution in [3.63, 3.8) is 0 Å². The largest absolute Gasteiger partial charge is 0.489 e. The summed E-state index contributed by atoms with van der Waals surface area (Å²) in [5.74, 6) is -0.0172. The van der Waals surface area contributed by atoms with E-state index in [0.717, 1.165) is 12.8 Å². The van der Waals surface area contributed by atoms with Crippen LogP contribution in [0.1, 0.15) is 36.0 Å². The molecule has 1 saturated heterocycles. The van der Waals surface area contributed by atoms with Crippen molar-refractivity contribution >= 4 is 11.9 Å². The van der Waals surface area contributed by atoms with Gasteiger partial charge < -0.3 is 14.7 Å². The third-order valence-corrected chi connectivity index (χ3v) is 4.05. The number of para-hydroxylation sites is 1. The van der Waals surface area contributed by atoms with Gasteiger partial charge in [0.2, 0.25) is 0 Å². The van der Waals surface area contributed by atoms with Crippen LogP contribution < -0.4 is 4.74 Å². The first-order chi connectivity index (χ1) is 11.1. The average Bonchev–Trinajstić information content (AvgIpc) is 2.58. The van der Waals surface area contributed by atoms with Gasteiger partial charge in [0.1, 0.15) is 12.4 Å². The summed E-state index contributed by atoms with van der Waals surface area (Å²) in [6, 6.07) is 7.20. The van der Waals surface area contributed by atoms with E-state index in [0.29, 0.717) is 37.4 Å². The van der Waals surface area contributed by atoms with Crippen molar-refractivity contribution in [3.05, 3.63) is 42.5 Å². The van der Waals surface area contributed by atoms with E-state index in [1.165, 1.54) is 0 Å². The standard InChI is InChI=1S/C18H23NO4/c1-2-12-23-16-8-4-3-7-15(16)18(22)19-11-5-6-14(13-19)9-10-17(20)21/h2-4,7-8,14H,1,5-6,9-13H2,(H,20,21). The molecule has 23 heavy (non-hydrogen) atoms. The summed E-state index contributed by atoms with van der Waals surface area (Å²) in [7, 11) is 0. The number of carbonyl (C=O) groups is 2. The maximum absolute atomic E-state index is 12.8. The summed E-state index contributed by atoms with van der Waals surface area (Å²) in [6.45, 7) is 5.29. The summed E-state index contributed by atoms with van der Waals surface area (Å²) in [6.07, 6.45) is 4.31. The van der Waals surface area contributed by atoms with Crippen molar-refractivity contribution in [2.45, 2.75) is 25.7 Å². The molecule has 1 atom stereocenters. The van der Waals surface area contributed by atoms with Crippen molar-refractivity contribution in [1.29, 1.82) is 0 Å². The number of rotatable bonds is 7. The lowest BCUT2D eigenvalue weighted by atomic mass is 9.93. The molecule has 0 aromatic heterocycles. The molecule has 1 aliphatic heterocycles. The van der Waals surface area contributed by atoms with E-state index in [1.807, 2.05) is 17.0 Å². The molecule has 5 heteroatoms. The highest BCUT2D eigenvalue weighted by Crippen LogP contribution is 2.25. The quantitative estimate of drug-likeness (QED) is 0.785. The van der Waals surface area contributed by atoms with Gasteiger partial charge in [-0.1, -0.05) is 24.8 Å². The highest BCUT2D eigenvalue weighted by atomic mass is 16.5. The minimum absolute atomic E-state index is 0.0512. The maximum Gasteiger partial charge on any atom is 0.303 e. The highest BCUT2D eigenvalue weighted by Gasteiger charge is 2.26. The molecule has 0 radical (unpaired) electrons. The number of ether oxygens (including phenoxy) is 1. The molecule has 0 saturated carbocycles. The van der Waals surface area contributed by atoms with Crippen molar-refractivity contribution in [1.82, 2.24) is 4.90 Å². The Morgan fingerprint density at radius 2 is 2.17 bits per heavy atom. The van der Waals surface area contributed by atoms with Crippen LogP contribution in [0, 0.1) is 5.92 Å². The Morgan fingerprint density at radius 3 is 2.91 bits per heavy atom. The summed E-state index contributed by atoms with van der Waals surface area (Å²) in [4.78, 5) is 25.3. The fourth-order valence-electron chi connectivity index (χ4n) is 2.90. The Labute approximate surface area is 136 Å². The lowest BCUT2D eigenvalue weighted by Crippen LogP contribution is -2.40. The number of carbonyl (C=O) groups excluding carboxylic acids is 1. The van der Waals surface area contributed by atoms with Gasteiger partial charge in [-0.15, -0.1) is 0 Å². The van der Waals surface area contributed by atoms with Crippen molar-refractivity contribution < 1.29 is 19.4 Å². The lowest BCUT2D eigenvalue weighted by molar-refractivity contribution is -0.137. The zero-order valence-corrected chi connectivity index (χ0v) is 13.2. The molecule has 1 amide bonds. The van der Waals surface area contributed by atoms with Gasteiger partial charge >= 0.3 is 5.97 Å². The van der Waals surface area contributed by atoms with Crippen LogP contribution in [0.5, 0.6) is 5.75 Å². The minimum Gasteiger partial charge on any atom is -0.489 e. The zero-order valence-electron chi connectivity index (χ0n) is 13.2. The van der Waals surface area contributed by atoms with Gasteiger partial charge in [-0.25, -0.2) is 0 Å². The Morgan fingerprint density at radius 1 is 1.39 bits per heavy atom. The summed E-state index contributed by atoms with van der Waals surface area (Å²) >= 11 is 0. The number of nitrogens with zero attached hydrogens (tertiary/aromatic N) is 1. The predicted molar refractivity (Wildman–Crippen MR) is 87.6 cm³/mol. The molecule has 0 spiro atoms. The summed E-state index contributed by atoms with van der Waals surface area (Å²) in [5.41, 5.74) is 0.549. The molecule has 0 aliphatic carbocycles. The van der Waals surface area contributed by atoms with E-state index in [4.69, 9.17) is 9.84 Å². The van der Waals surface area contributed by atoms with E-state index in [9.17, 15) is 9.59 Å². The Bertz CT molecular complexity index is 570. The monoisotopic (exact) mass is 317 g/mol. The fraction of sp³-hybridized carbons (Fsp3) is 0.444. The lowest BCUT2D eigenvalue weighted by Gasteiger charge is -2.33. The van der Waals surface area contributed by atoms with E-state index in [1.54, 1.807) is 18.2 Å². The van der Waals surface area contributed by atoms with Gasteiger partial charge in [0.25, 0.3) is 5.91 Å². The van der Waals surface area contributed by atoms with Gasteiger partial charge in [0, 0.05) is 19.5 Å². The number of hydrogen-bond acceptors (Lipinski definition) is 3. The van der Waals surface area contributed by atoms with Gasteiger partial charge in [-0.3, -0.25) is 9.59 Å². The second-order valence-corrected chi connectivity index (χ2v) is 5.79. The summed E-state index contributed by atoms with van der Waals surface area (Å²) < 4.78 is 5.56.